The molecule has 2 aromatic carbocycles. The lowest BCUT2D eigenvalue weighted by Crippen LogP contribution is -2.45. The summed E-state index contributed by atoms with van der Waals surface area (Å²) in [6, 6.07) is 14.0. The van der Waals surface area contributed by atoms with Gasteiger partial charge in [0, 0.05) is 19.7 Å². The molecule has 1 aromatic heterocycles. The third-order valence-corrected chi connectivity index (χ3v) is 6.51. The number of aromatic nitrogens is 4. The smallest absolute Gasteiger partial charge is 0.226 e. The average Bonchev–Trinajstić information content (AvgIpc) is 3.39. The van der Waals surface area contributed by atoms with Crippen LogP contribution in [0.5, 0.6) is 0 Å². The summed E-state index contributed by atoms with van der Waals surface area (Å²) < 4.78 is 15.1. The highest BCUT2D eigenvalue weighted by Gasteiger charge is 2.35. The van der Waals surface area contributed by atoms with Gasteiger partial charge in [0.05, 0.1) is 17.7 Å². The number of likely N-dealkylation sites (tertiary alicyclic amines) is 1. The van der Waals surface area contributed by atoms with Crippen molar-refractivity contribution in [2.75, 3.05) is 19.7 Å². The van der Waals surface area contributed by atoms with Crippen LogP contribution in [0.15, 0.2) is 48.8 Å². The number of piperidine rings is 1. The molecule has 0 spiro atoms. The maximum Gasteiger partial charge on any atom is 0.226 e. The average molecular weight is 449 g/mol. The van der Waals surface area contributed by atoms with Crippen LogP contribution in [0, 0.1) is 22.6 Å². The van der Waals surface area contributed by atoms with E-state index in [9.17, 15) is 14.3 Å². The Kier molecular flexibility index (Phi) is 6.75. The zero-order valence-corrected chi connectivity index (χ0v) is 18.2. The van der Waals surface area contributed by atoms with Gasteiger partial charge in [-0.25, -0.2) is 9.07 Å². The summed E-state index contributed by atoms with van der Waals surface area (Å²) in [5, 5.41) is 30.2. The van der Waals surface area contributed by atoms with Crippen molar-refractivity contribution < 1.29 is 14.3 Å². The van der Waals surface area contributed by atoms with Crippen molar-refractivity contribution in [3.8, 4) is 11.8 Å². The fourth-order valence-corrected chi connectivity index (χ4v) is 4.27. The molecule has 0 aliphatic carbocycles. The van der Waals surface area contributed by atoms with Crippen molar-refractivity contribution in [1.82, 2.24) is 25.1 Å². The van der Waals surface area contributed by atoms with Crippen molar-refractivity contribution in [2.24, 2.45) is 5.41 Å². The SMILES string of the molecule is N#Cc1cc(CCC2(CO)CCN(C(=O)Cc3ccc(-n4cnnn4)cc3)CC2)ccc1F. The van der Waals surface area contributed by atoms with E-state index in [0.717, 1.165) is 23.2 Å². The molecule has 1 N–H and O–H groups in total. The van der Waals surface area contributed by atoms with Crippen LogP contribution in [0.3, 0.4) is 0 Å². The van der Waals surface area contributed by atoms with E-state index in [0.29, 0.717) is 38.8 Å². The lowest BCUT2D eigenvalue weighted by atomic mass is 9.74. The van der Waals surface area contributed by atoms with Crippen LogP contribution in [0.25, 0.3) is 5.69 Å². The molecule has 1 aliphatic heterocycles. The van der Waals surface area contributed by atoms with Crippen LogP contribution >= 0.6 is 0 Å². The second-order valence-electron chi connectivity index (χ2n) is 8.56. The van der Waals surface area contributed by atoms with Crippen LogP contribution in [-0.2, 0) is 17.6 Å². The minimum Gasteiger partial charge on any atom is -0.396 e. The molecule has 0 unspecified atom stereocenters. The minimum absolute atomic E-state index is 0.0388. The Morgan fingerprint density at radius 3 is 2.52 bits per heavy atom. The number of tetrazole rings is 1. The number of carbonyl (C=O) groups is 1. The van der Waals surface area contributed by atoms with Gasteiger partial charge in [-0.05, 0) is 76.9 Å². The van der Waals surface area contributed by atoms with Gasteiger partial charge in [-0.15, -0.1) is 5.10 Å². The van der Waals surface area contributed by atoms with Crippen molar-refractivity contribution in [3.63, 3.8) is 0 Å². The molecular weight excluding hydrogens is 423 g/mol. The topological polar surface area (TPSA) is 108 Å². The van der Waals surface area contributed by atoms with Gasteiger partial charge in [0.1, 0.15) is 18.2 Å². The van der Waals surface area contributed by atoms with Crippen LogP contribution < -0.4 is 0 Å². The second kappa shape index (κ2) is 9.88. The number of nitrogens with zero attached hydrogens (tertiary/aromatic N) is 6. The Morgan fingerprint density at radius 2 is 1.88 bits per heavy atom. The lowest BCUT2D eigenvalue weighted by molar-refractivity contribution is -0.133. The Bertz CT molecular complexity index is 1130. The molecule has 9 heteroatoms. The molecule has 0 bridgehead atoms. The van der Waals surface area contributed by atoms with E-state index < -0.39 is 5.82 Å². The number of nitriles is 1. The Morgan fingerprint density at radius 1 is 1.15 bits per heavy atom. The lowest BCUT2D eigenvalue weighted by Gasteiger charge is -2.41. The van der Waals surface area contributed by atoms with Gasteiger partial charge in [0.25, 0.3) is 0 Å². The molecule has 33 heavy (non-hydrogen) atoms. The summed E-state index contributed by atoms with van der Waals surface area (Å²) in [7, 11) is 0. The first-order chi connectivity index (χ1) is 16.0. The highest BCUT2D eigenvalue weighted by molar-refractivity contribution is 5.79. The van der Waals surface area contributed by atoms with E-state index >= 15 is 0 Å². The first kappa shape index (κ1) is 22.6. The van der Waals surface area contributed by atoms with E-state index in [2.05, 4.69) is 15.5 Å². The van der Waals surface area contributed by atoms with Gasteiger partial charge in [0.2, 0.25) is 5.91 Å². The summed E-state index contributed by atoms with van der Waals surface area (Å²) in [6.07, 6.45) is 4.62. The number of rotatable bonds is 7. The first-order valence-corrected chi connectivity index (χ1v) is 10.9. The molecule has 4 rings (SSSR count). The number of aliphatic hydroxyl groups is 1. The maximum absolute atomic E-state index is 13.6. The van der Waals surface area contributed by atoms with Crippen LogP contribution in [0.2, 0.25) is 0 Å². The van der Waals surface area contributed by atoms with Crippen molar-refractivity contribution in [3.05, 3.63) is 71.3 Å². The number of halogens is 1. The van der Waals surface area contributed by atoms with Crippen LogP contribution in [0.4, 0.5) is 4.39 Å². The fraction of sp³-hybridized carbons (Fsp3) is 0.375. The molecular formula is C24H25FN6O2. The highest BCUT2D eigenvalue weighted by atomic mass is 19.1. The molecule has 1 fully saturated rings. The molecule has 0 saturated carbocycles. The van der Waals surface area contributed by atoms with Gasteiger partial charge in [-0.2, -0.15) is 5.26 Å². The predicted octanol–water partition coefficient (Wildman–Crippen LogP) is 2.45. The Labute approximate surface area is 191 Å². The number of amides is 1. The van der Waals surface area contributed by atoms with Gasteiger partial charge < -0.3 is 10.0 Å². The van der Waals surface area contributed by atoms with E-state index in [1.807, 2.05) is 35.2 Å². The zero-order chi connectivity index (χ0) is 23.3. The summed E-state index contributed by atoms with van der Waals surface area (Å²) in [6.45, 7) is 1.23. The largest absolute Gasteiger partial charge is 0.396 e. The number of aryl methyl sites for hydroxylation is 1. The van der Waals surface area contributed by atoms with Crippen LogP contribution in [-0.4, -0.2) is 55.8 Å². The summed E-state index contributed by atoms with van der Waals surface area (Å²) in [4.78, 5) is 14.7. The van der Waals surface area contributed by atoms with Gasteiger partial charge in [-0.3, -0.25) is 4.79 Å². The number of hydrogen-bond donors (Lipinski definition) is 1. The van der Waals surface area contributed by atoms with Crippen molar-refractivity contribution in [1.29, 1.82) is 5.26 Å². The minimum atomic E-state index is -0.519. The van der Waals surface area contributed by atoms with Gasteiger partial charge in [-0.1, -0.05) is 18.2 Å². The molecule has 3 aromatic rings. The third-order valence-electron chi connectivity index (χ3n) is 6.51. The van der Waals surface area contributed by atoms with Gasteiger partial charge in [0.15, 0.2) is 0 Å². The molecule has 0 atom stereocenters. The first-order valence-electron chi connectivity index (χ1n) is 10.9. The van der Waals surface area contributed by atoms with Crippen LogP contribution in [0.1, 0.15) is 36.0 Å². The second-order valence-corrected chi connectivity index (χ2v) is 8.56. The standard InChI is InChI=1S/C24H25FN6O2/c25-22-6-3-19(13-20(22)15-26)7-8-24(16-32)9-11-30(12-10-24)23(33)14-18-1-4-21(5-2-18)31-17-27-28-29-31/h1-6,13,17,32H,7-12,14,16H2. The van der Waals surface area contributed by atoms with E-state index in [1.165, 1.54) is 12.4 Å². The quantitative estimate of drug-likeness (QED) is 0.595. The van der Waals surface area contributed by atoms with Crippen molar-refractivity contribution in [2.45, 2.75) is 32.1 Å². The van der Waals surface area contributed by atoms with Crippen molar-refractivity contribution >= 4 is 5.91 Å². The summed E-state index contributed by atoms with van der Waals surface area (Å²) in [5.74, 6) is -0.455. The van der Waals surface area contributed by atoms with Gasteiger partial charge >= 0.3 is 0 Å². The molecule has 0 radical (unpaired) electrons. The zero-order valence-electron chi connectivity index (χ0n) is 18.2. The number of aliphatic hydroxyl groups excluding tert-OH is 1. The summed E-state index contributed by atoms with van der Waals surface area (Å²) in [5.41, 5.74) is 2.39. The monoisotopic (exact) mass is 448 g/mol. The third kappa shape index (κ3) is 5.23. The normalized spacial score (nSPS) is 15.2. The number of benzene rings is 2. The molecule has 1 aliphatic rings. The van der Waals surface area contributed by atoms with E-state index in [-0.39, 0.29) is 23.5 Å². The Hall–Kier alpha value is -3.64. The molecule has 1 saturated heterocycles. The molecule has 1 amide bonds. The highest BCUT2D eigenvalue weighted by Crippen LogP contribution is 2.36. The number of hydrogen-bond acceptors (Lipinski definition) is 6. The molecule has 2 heterocycles. The fourth-order valence-electron chi connectivity index (χ4n) is 4.27. The molecule has 8 nitrogen and oxygen atoms in total. The predicted molar refractivity (Wildman–Crippen MR) is 118 cm³/mol. The summed E-state index contributed by atoms with van der Waals surface area (Å²) >= 11 is 0. The maximum atomic E-state index is 13.6. The number of carbonyl (C=O) groups excluding carboxylic acids is 1. The van der Waals surface area contributed by atoms with E-state index in [1.54, 1.807) is 16.8 Å². The Balaban J connectivity index is 1.31. The molecule has 170 valence electrons. The van der Waals surface area contributed by atoms with E-state index in [4.69, 9.17) is 5.26 Å².